The normalized spacial score (nSPS) is 16.8. The molecule has 1 amide bonds. The zero-order valence-electron chi connectivity index (χ0n) is 20.9. The standard InChI is InChI=1S/C21H27ClF3N5O6S2/c1-5-28-11-17(18(22)27-28)38(35,36)29-10-13(12-37(33,34)6-2)7-15-16(29)8-14(9-26-15)30(19(31)32)20(3,4)21(23,24)25/h8-9,11,13H,5-7,10,12H2,1-4H3,(H,31,32)/p-1/t13-/m1/s1. The number of hydrogen-bond acceptors (Lipinski definition) is 8. The molecule has 0 saturated carbocycles. The van der Waals surface area contributed by atoms with Gasteiger partial charge in [-0.3, -0.25) is 14.0 Å². The van der Waals surface area contributed by atoms with Gasteiger partial charge in [0.15, 0.2) is 5.15 Å². The second kappa shape index (κ2) is 10.2. The molecule has 0 aromatic carbocycles. The molecule has 0 bridgehead atoms. The topological polar surface area (TPSA) is 146 Å². The molecule has 1 atom stereocenters. The Morgan fingerprint density at radius 1 is 1.24 bits per heavy atom. The van der Waals surface area contributed by atoms with Crippen LogP contribution < -0.4 is 14.3 Å². The molecule has 212 valence electrons. The van der Waals surface area contributed by atoms with Crippen molar-refractivity contribution in [2.24, 2.45) is 5.92 Å². The van der Waals surface area contributed by atoms with Crippen LogP contribution in [0.3, 0.4) is 0 Å². The number of carbonyl (C=O) groups is 1. The van der Waals surface area contributed by atoms with Crippen LogP contribution in [0.2, 0.25) is 5.15 Å². The Bertz CT molecular complexity index is 1440. The molecule has 0 aliphatic carbocycles. The summed E-state index contributed by atoms with van der Waals surface area (Å²) in [6.07, 6.45) is -5.20. The number of aromatic nitrogens is 3. The predicted octanol–water partition coefficient (Wildman–Crippen LogP) is 2.24. The van der Waals surface area contributed by atoms with Crippen molar-refractivity contribution in [2.75, 3.05) is 27.3 Å². The fraction of sp³-hybridized carbons (Fsp3) is 0.571. The fourth-order valence-corrected chi connectivity index (χ4v) is 7.26. The maximum Gasteiger partial charge on any atom is 0.411 e. The lowest BCUT2D eigenvalue weighted by atomic mass is 9.98. The number of carboxylic acid groups (broad SMARTS) is 1. The Morgan fingerprint density at radius 2 is 1.87 bits per heavy atom. The third-order valence-electron chi connectivity index (χ3n) is 6.31. The number of hydrogen-bond donors (Lipinski definition) is 0. The predicted molar refractivity (Wildman–Crippen MR) is 131 cm³/mol. The van der Waals surface area contributed by atoms with Gasteiger partial charge >= 0.3 is 6.18 Å². The molecule has 11 nitrogen and oxygen atoms in total. The maximum absolute atomic E-state index is 13.7. The molecule has 38 heavy (non-hydrogen) atoms. The van der Waals surface area contributed by atoms with E-state index >= 15 is 0 Å². The van der Waals surface area contributed by atoms with Crippen LogP contribution in [0.5, 0.6) is 0 Å². The zero-order valence-corrected chi connectivity index (χ0v) is 23.2. The lowest BCUT2D eigenvalue weighted by molar-refractivity contribution is -0.254. The number of halogens is 4. The molecule has 17 heteroatoms. The van der Waals surface area contributed by atoms with Crippen molar-refractivity contribution in [3.63, 3.8) is 0 Å². The fourth-order valence-electron chi connectivity index (χ4n) is 4.07. The third kappa shape index (κ3) is 5.57. The summed E-state index contributed by atoms with van der Waals surface area (Å²) in [7, 11) is -8.08. The molecule has 1 aliphatic heterocycles. The summed E-state index contributed by atoms with van der Waals surface area (Å²) in [5, 5.41) is 15.4. The Hall–Kier alpha value is -2.59. The van der Waals surface area contributed by atoms with Crippen molar-refractivity contribution >= 4 is 48.9 Å². The molecule has 0 radical (unpaired) electrons. The SMILES string of the molecule is CCn1cc(S(=O)(=O)N2C[C@H](CS(=O)(=O)CC)Cc3ncc(N(C(=O)[O-])C(C)(C)C(F)(F)F)cc32)c(Cl)n1. The first-order chi connectivity index (χ1) is 17.4. The summed E-state index contributed by atoms with van der Waals surface area (Å²) in [5.74, 6) is -1.30. The Labute approximate surface area is 223 Å². The van der Waals surface area contributed by atoms with Crippen LogP contribution in [0.15, 0.2) is 23.4 Å². The van der Waals surface area contributed by atoms with Gasteiger partial charge in [-0.05, 0) is 39.2 Å². The van der Waals surface area contributed by atoms with Gasteiger partial charge in [0, 0.05) is 25.0 Å². The van der Waals surface area contributed by atoms with E-state index in [1.165, 1.54) is 17.8 Å². The monoisotopic (exact) mass is 600 g/mol. The van der Waals surface area contributed by atoms with Crippen molar-refractivity contribution in [3.8, 4) is 0 Å². The lowest BCUT2D eigenvalue weighted by Crippen LogP contribution is -2.60. The second-order valence-electron chi connectivity index (χ2n) is 9.26. The lowest BCUT2D eigenvalue weighted by Gasteiger charge is -2.42. The first kappa shape index (κ1) is 30.0. The zero-order chi connectivity index (χ0) is 28.8. The van der Waals surface area contributed by atoms with E-state index in [9.17, 15) is 39.9 Å². The second-order valence-corrected chi connectivity index (χ2v) is 13.8. The third-order valence-corrected chi connectivity index (χ3v) is 10.3. The Balaban J connectivity index is 2.22. The van der Waals surface area contributed by atoms with Crippen LogP contribution >= 0.6 is 11.6 Å². The van der Waals surface area contributed by atoms with E-state index in [4.69, 9.17) is 11.6 Å². The number of fused-ring (bicyclic) bond motifs is 1. The molecule has 0 saturated heterocycles. The van der Waals surface area contributed by atoms with Crippen LogP contribution in [0.1, 0.15) is 33.4 Å². The summed E-state index contributed by atoms with van der Waals surface area (Å²) >= 11 is 6.08. The molecule has 0 spiro atoms. The van der Waals surface area contributed by atoms with Crippen molar-refractivity contribution in [3.05, 3.63) is 29.3 Å². The summed E-state index contributed by atoms with van der Waals surface area (Å²) < 4.78 is 95.4. The Morgan fingerprint density at radius 3 is 2.37 bits per heavy atom. The van der Waals surface area contributed by atoms with E-state index in [1.807, 2.05) is 0 Å². The summed E-state index contributed by atoms with van der Waals surface area (Å²) in [4.78, 5) is 15.4. The smallest absolute Gasteiger partial charge is 0.411 e. The molecular weight excluding hydrogens is 575 g/mol. The van der Waals surface area contributed by atoms with Gasteiger partial charge in [-0.2, -0.15) is 18.3 Å². The van der Waals surface area contributed by atoms with Crippen LogP contribution in [-0.4, -0.2) is 67.5 Å². The van der Waals surface area contributed by atoms with Gasteiger partial charge in [0.2, 0.25) is 0 Å². The minimum Gasteiger partial charge on any atom is -0.530 e. The van der Waals surface area contributed by atoms with Gasteiger partial charge in [0.05, 0.1) is 29.0 Å². The number of sulfone groups is 1. The number of sulfonamides is 1. The van der Waals surface area contributed by atoms with Gasteiger partial charge in [0.25, 0.3) is 10.0 Å². The molecule has 0 fully saturated rings. The molecule has 1 aliphatic rings. The van der Waals surface area contributed by atoms with E-state index in [-0.39, 0.29) is 52.5 Å². The van der Waals surface area contributed by atoms with E-state index < -0.39 is 54.2 Å². The molecule has 2 aromatic rings. The van der Waals surface area contributed by atoms with Crippen molar-refractivity contribution < 1.29 is 39.9 Å². The highest BCUT2D eigenvalue weighted by atomic mass is 35.5. The molecule has 2 aromatic heterocycles. The first-order valence-corrected chi connectivity index (χ1v) is 15.0. The highest BCUT2D eigenvalue weighted by Crippen LogP contribution is 2.41. The van der Waals surface area contributed by atoms with Crippen LogP contribution in [0.4, 0.5) is 29.3 Å². The largest absolute Gasteiger partial charge is 0.530 e. The van der Waals surface area contributed by atoms with E-state index in [0.29, 0.717) is 13.8 Å². The molecule has 3 heterocycles. The van der Waals surface area contributed by atoms with Gasteiger partial charge in [0.1, 0.15) is 26.4 Å². The molecular formula is C21H26ClF3N5O6S2-. The maximum atomic E-state index is 13.7. The highest BCUT2D eigenvalue weighted by Gasteiger charge is 2.52. The first-order valence-electron chi connectivity index (χ1n) is 11.4. The number of anilines is 2. The number of aryl methyl sites for hydroxylation is 1. The summed E-state index contributed by atoms with van der Waals surface area (Å²) in [5.41, 5.74) is -3.69. The number of pyridine rings is 1. The summed E-state index contributed by atoms with van der Waals surface area (Å²) in [6.45, 7) is 4.29. The minimum absolute atomic E-state index is 0.0171. The van der Waals surface area contributed by atoms with Gasteiger partial charge < -0.3 is 14.8 Å². The number of rotatable bonds is 8. The van der Waals surface area contributed by atoms with Crippen molar-refractivity contribution in [1.82, 2.24) is 14.8 Å². The Kier molecular flexibility index (Phi) is 8.03. The van der Waals surface area contributed by atoms with Crippen LogP contribution in [0.25, 0.3) is 0 Å². The average molecular weight is 601 g/mol. The number of alkyl halides is 3. The molecule has 0 N–H and O–H groups in total. The van der Waals surface area contributed by atoms with Crippen LogP contribution in [-0.2, 0) is 32.8 Å². The van der Waals surface area contributed by atoms with Gasteiger partial charge in [-0.25, -0.2) is 16.8 Å². The van der Waals surface area contributed by atoms with E-state index in [1.54, 1.807) is 6.92 Å². The van der Waals surface area contributed by atoms with E-state index in [0.717, 1.165) is 16.6 Å². The summed E-state index contributed by atoms with van der Waals surface area (Å²) in [6, 6.07) is 0.950. The highest BCUT2D eigenvalue weighted by molar-refractivity contribution is 7.93. The number of carbonyl (C=O) groups excluding carboxylic acids is 1. The van der Waals surface area contributed by atoms with Gasteiger partial charge in [-0.1, -0.05) is 18.5 Å². The van der Waals surface area contributed by atoms with Crippen molar-refractivity contribution in [2.45, 2.75) is 57.3 Å². The minimum atomic E-state index is -5.02. The number of amides is 1. The van der Waals surface area contributed by atoms with E-state index in [2.05, 4.69) is 10.1 Å². The average Bonchev–Trinajstić information content (AvgIpc) is 3.19. The van der Waals surface area contributed by atoms with Crippen LogP contribution in [0, 0.1) is 5.92 Å². The van der Waals surface area contributed by atoms with Crippen molar-refractivity contribution in [1.29, 1.82) is 0 Å². The molecule has 0 unspecified atom stereocenters. The van der Waals surface area contributed by atoms with Gasteiger partial charge in [-0.15, -0.1) is 0 Å². The number of nitrogens with zero attached hydrogens (tertiary/aromatic N) is 5. The molecule has 3 rings (SSSR count). The quantitative estimate of drug-likeness (QED) is 0.448.